The number of fused-ring (bicyclic) bond motifs is 9. The molecule has 3 aromatic heterocycles. The highest BCUT2D eigenvalue weighted by Gasteiger charge is 2.16. The summed E-state index contributed by atoms with van der Waals surface area (Å²) < 4.78 is 5.06. The number of para-hydroxylation sites is 3. The van der Waals surface area contributed by atoms with Crippen molar-refractivity contribution in [3.05, 3.63) is 103 Å². The lowest BCUT2D eigenvalue weighted by Crippen LogP contribution is -1.92. The maximum atomic E-state index is 3.62. The fraction of sp³-hybridized carbons (Fsp3) is 0. The average Bonchev–Trinajstić information content (AvgIpc) is 3.50. The maximum Gasteiger partial charge on any atom is 0.0555 e. The van der Waals surface area contributed by atoms with Crippen molar-refractivity contribution in [2.75, 3.05) is 0 Å². The number of nitrogens with zero attached hydrogens (tertiary/aromatic N) is 1. The molecule has 0 aliphatic rings. The van der Waals surface area contributed by atoms with Crippen molar-refractivity contribution in [1.82, 2.24) is 9.55 Å². The Morgan fingerprint density at radius 3 is 2.12 bits per heavy atom. The third-order valence-corrected chi connectivity index (χ3v) is 8.02. The Balaban J connectivity index is 1.52. The molecule has 8 aromatic rings. The van der Waals surface area contributed by atoms with Gasteiger partial charge in [-0.05, 0) is 48.5 Å². The summed E-state index contributed by atoms with van der Waals surface area (Å²) in [5.74, 6) is 0. The third kappa shape index (κ3) is 2.32. The third-order valence-electron chi connectivity index (χ3n) is 6.90. The first-order valence-corrected chi connectivity index (χ1v) is 12.0. The van der Waals surface area contributed by atoms with Crippen LogP contribution in [0.1, 0.15) is 0 Å². The van der Waals surface area contributed by atoms with Crippen LogP contribution in [0, 0.1) is 0 Å². The normalized spacial score (nSPS) is 12.2. The lowest BCUT2D eigenvalue weighted by molar-refractivity contribution is 1.18. The molecule has 0 aliphatic carbocycles. The zero-order valence-corrected chi connectivity index (χ0v) is 18.5. The molecule has 1 N–H and O–H groups in total. The quantitative estimate of drug-likeness (QED) is 0.264. The topological polar surface area (TPSA) is 20.7 Å². The van der Waals surface area contributed by atoms with E-state index in [0.29, 0.717) is 0 Å². The van der Waals surface area contributed by atoms with E-state index >= 15 is 0 Å². The Labute approximate surface area is 193 Å². The molecule has 0 radical (unpaired) electrons. The second-order valence-electron chi connectivity index (χ2n) is 8.72. The molecule has 5 aromatic carbocycles. The van der Waals surface area contributed by atoms with Gasteiger partial charge in [-0.15, -0.1) is 11.3 Å². The summed E-state index contributed by atoms with van der Waals surface area (Å²) in [4.78, 5) is 3.62. The molecule has 33 heavy (non-hydrogen) atoms. The molecule has 0 unspecified atom stereocenters. The predicted octanol–water partition coefficient (Wildman–Crippen LogP) is 8.79. The van der Waals surface area contributed by atoms with Crippen LogP contribution in [0.3, 0.4) is 0 Å². The van der Waals surface area contributed by atoms with E-state index in [4.69, 9.17) is 0 Å². The zero-order chi connectivity index (χ0) is 21.5. The van der Waals surface area contributed by atoms with Crippen LogP contribution < -0.4 is 0 Å². The minimum atomic E-state index is 1.20. The Morgan fingerprint density at radius 2 is 1.21 bits per heavy atom. The van der Waals surface area contributed by atoms with Gasteiger partial charge in [-0.3, -0.25) is 0 Å². The highest BCUT2D eigenvalue weighted by atomic mass is 32.1. The number of aromatic nitrogens is 2. The first-order chi connectivity index (χ1) is 16.3. The van der Waals surface area contributed by atoms with Crippen molar-refractivity contribution in [3.63, 3.8) is 0 Å². The molecule has 0 saturated heterocycles. The fourth-order valence-corrected chi connectivity index (χ4v) is 6.58. The summed E-state index contributed by atoms with van der Waals surface area (Å²) in [7, 11) is 0. The van der Waals surface area contributed by atoms with E-state index in [1.54, 1.807) is 0 Å². The Morgan fingerprint density at radius 1 is 0.485 bits per heavy atom. The molecule has 3 heterocycles. The number of benzene rings is 5. The van der Waals surface area contributed by atoms with Gasteiger partial charge in [0, 0.05) is 58.4 Å². The van der Waals surface area contributed by atoms with Gasteiger partial charge >= 0.3 is 0 Å². The summed E-state index contributed by atoms with van der Waals surface area (Å²) >= 11 is 1.89. The zero-order valence-electron chi connectivity index (χ0n) is 17.7. The minimum absolute atomic E-state index is 1.20. The summed E-state index contributed by atoms with van der Waals surface area (Å²) in [6.07, 6.45) is 0. The minimum Gasteiger partial charge on any atom is -0.354 e. The first kappa shape index (κ1) is 17.5. The van der Waals surface area contributed by atoms with Crippen molar-refractivity contribution >= 4 is 75.1 Å². The molecule has 0 amide bonds. The molecule has 0 fully saturated rings. The van der Waals surface area contributed by atoms with E-state index < -0.39 is 0 Å². The molecule has 2 nitrogen and oxygen atoms in total. The van der Waals surface area contributed by atoms with Crippen LogP contribution in [0.25, 0.3) is 69.5 Å². The van der Waals surface area contributed by atoms with Gasteiger partial charge in [0.15, 0.2) is 0 Å². The van der Waals surface area contributed by atoms with Crippen molar-refractivity contribution in [1.29, 1.82) is 0 Å². The van der Waals surface area contributed by atoms with E-state index in [0.717, 1.165) is 0 Å². The number of rotatable bonds is 1. The van der Waals surface area contributed by atoms with E-state index in [2.05, 4.69) is 113 Å². The van der Waals surface area contributed by atoms with Gasteiger partial charge < -0.3 is 9.55 Å². The number of H-pyrrole nitrogens is 1. The lowest BCUT2D eigenvalue weighted by atomic mass is 10.1. The lowest BCUT2D eigenvalue weighted by Gasteiger charge is -2.07. The Hall–Kier alpha value is -4.08. The summed E-state index contributed by atoms with van der Waals surface area (Å²) in [5.41, 5.74) is 6.11. The van der Waals surface area contributed by atoms with Gasteiger partial charge in [-0.25, -0.2) is 0 Å². The molecule has 0 spiro atoms. The highest BCUT2D eigenvalue weighted by molar-refractivity contribution is 7.26. The van der Waals surface area contributed by atoms with Gasteiger partial charge in [0.25, 0.3) is 0 Å². The van der Waals surface area contributed by atoms with Crippen LogP contribution in [0.4, 0.5) is 0 Å². The van der Waals surface area contributed by atoms with E-state index in [9.17, 15) is 0 Å². The van der Waals surface area contributed by atoms with E-state index in [1.165, 1.54) is 69.5 Å². The molecule has 0 bridgehead atoms. The van der Waals surface area contributed by atoms with Crippen molar-refractivity contribution in [2.24, 2.45) is 0 Å². The van der Waals surface area contributed by atoms with Gasteiger partial charge in [0.2, 0.25) is 0 Å². The fourth-order valence-electron chi connectivity index (χ4n) is 5.44. The van der Waals surface area contributed by atoms with Gasteiger partial charge in [-0.2, -0.15) is 0 Å². The largest absolute Gasteiger partial charge is 0.354 e. The Bertz CT molecular complexity index is 2020. The predicted molar refractivity (Wildman–Crippen MR) is 143 cm³/mol. The van der Waals surface area contributed by atoms with Crippen LogP contribution in [0.5, 0.6) is 0 Å². The number of thiophene rings is 1. The smallest absolute Gasteiger partial charge is 0.0555 e. The first-order valence-electron chi connectivity index (χ1n) is 11.2. The maximum absolute atomic E-state index is 3.62. The van der Waals surface area contributed by atoms with Crippen molar-refractivity contribution < 1.29 is 0 Å². The van der Waals surface area contributed by atoms with Crippen LogP contribution in [0.15, 0.2) is 103 Å². The molecular formula is C30H18N2S. The van der Waals surface area contributed by atoms with Crippen molar-refractivity contribution in [2.45, 2.75) is 0 Å². The molecule has 0 atom stereocenters. The summed E-state index contributed by atoms with van der Waals surface area (Å²) in [6, 6.07) is 37.5. The van der Waals surface area contributed by atoms with E-state index in [1.807, 2.05) is 11.3 Å². The van der Waals surface area contributed by atoms with Crippen LogP contribution in [0.2, 0.25) is 0 Å². The molecule has 3 heteroatoms. The second-order valence-corrected chi connectivity index (χ2v) is 9.80. The molecule has 0 saturated carbocycles. The number of hydrogen-bond acceptors (Lipinski definition) is 1. The monoisotopic (exact) mass is 438 g/mol. The van der Waals surface area contributed by atoms with Crippen LogP contribution in [-0.4, -0.2) is 9.55 Å². The molecular weight excluding hydrogens is 420 g/mol. The standard InChI is InChI=1S/C30H18N2S/c1-2-8-18(9-3-1)32-27-13-7-5-11-20(27)22-14-23-24-15-26-21(19-10-4-6-12-25(19)31-26)16-29(24)33-30(23)17-28(22)32/h1-17,31H. The molecule has 0 aliphatic heterocycles. The molecule has 154 valence electrons. The number of nitrogens with one attached hydrogen (secondary N) is 1. The summed E-state index contributed by atoms with van der Waals surface area (Å²) in [6.45, 7) is 0. The van der Waals surface area contributed by atoms with Crippen LogP contribution in [-0.2, 0) is 0 Å². The molecule has 8 rings (SSSR count). The average molecular weight is 439 g/mol. The van der Waals surface area contributed by atoms with E-state index in [-0.39, 0.29) is 0 Å². The van der Waals surface area contributed by atoms with Gasteiger partial charge in [-0.1, -0.05) is 54.6 Å². The van der Waals surface area contributed by atoms with Crippen LogP contribution >= 0.6 is 11.3 Å². The van der Waals surface area contributed by atoms with Gasteiger partial charge in [0.1, 0.15) is 0 Å². The highest BCUT2D eigenvalue weighted by Crippen LogP contribution is 2.42. The van der Waals surface area contributed by atoms with Gasteiger partial charge in [0.05, 0.1) is 11.0 Å². The Kier molecular flexibility index (Phi) is 3.31. The second kappa shape index (κ2) is 6.25. The number of hydrogen-bond donors (Lipinski definition) is 1. The van der Waals surface area contributed by atoms with Crippen molar-refractivity contribution in [3.8, 4) is 5.69 Å². The number of aromatic amines is 1. The summed E-state index contributed by atoms with van der Waals surface area (Å²) in [5, 5.41) is 7.85. The SMILES string of the molecule is c1ccc(-n2c3ccccc3c3cc4c(cc32)sc2cc3c(cc24)[nH]c2ccccc23)cc1.